The lowest BCUT2D eigenvalue weighted by Crippen LogP contribution is -2.48. The number of carbonyl (C=O) groups is 1. The third kappa shape index (κ3) is 3.31. The molecule has 5 rings (SSSR count). The summed E-state index contributed by atoms with van der Waals surface area (Å²) in [5.41, 5.74) is 0. The normalized spacial score (nSPS) is 19.7. The number of rotatable bonds is 3. The van der Waals surface area contributed by atoms with Gasteiger partial charge in [-0.3, -0.25) is 4.79 Å². The quantitative estimate of drug-likeness (QED) is 0.457. The van der Waals surface area contributed by atoms with E-state index in [9.17, 15) is 4.79 Å². The Morgan fingerprint density at radius 1 is 0.815 bits per heavy atom. The summed E-state index contributed by atoms with van der Waals surface area (Å²) in [6.45, 7) is 0. The van der Waals surface area contributed by atoms with Gasteiger partial charge in [-0.1, -0.05) is 56.7 Å². The van der Waals surface area contributed by atoms with Crippen molar-refractivity contribution in [2.45, 2.75) is 76.3 Å². The lowest BCUT2D eigenvalue weighted by molar-refractivity contribution is 0.0453. The van der Waals surface area contributed by atoms with Crippen LogP contribution < -0.4 is 0 Å². The van der Waals surface area contributed by atoms with E-state index >= 15 is 0 Å². The molecule has 1 aromatic carbocycles. The van der Waals surface area contributed by atoms with Gasteiger partial charge in [0, 0.05) is 26.9 Å². The van der Waals surface area contributed by atoms with Crippen molar-refractivity contribution in [3.8, 4) is 0 Å². The molecule has 2 saturated carbocycles. The zero-order chi connectivity index (χ0) is 18.2. The summed E-state index contributed by atoms with van der Waals surface area (Å²) in [5.74, 6) is 0.311. The Morgan fingerprint density at radius 3 is 2.11 bits per heavy atom. The van der Waals surface area contributed by atoms with Crippen LogP contribution in [0.1, 0.15) is 73.9 Å². The van der Waals surface area contributed by atoms with Gasteiger partial charge in [0.15, 0.2) is 0 Å². The van der Waals surface area contributed by atoms with Crippen LogP contribution >= 0.6 is 22.7 Å². The third-order valence-electron chi connectivity index (χ3n) is 6.43. The maximum absolute atomic E-state index is 13.7. The van der Waals surface area contributed by atoms with E-state index in [0.717, 1.165) is 4.88 Å². The van der Waals surface area contributed by atoms with Crippen LogP contribution in [-0.4, -0.2) is 22.9 Å². The van der Waals surface area contributed by atoms with Crippen molar-refractivity contribution in [1.82, 2.24) is 4.90 Å². The third-order valence-corrected chi connectivity index (χ3v) is 8.83. The van der Waals surface area contributed by atoms with E-state index < -0.39 is 0 Å². The lowest BCUT2D eigenvalue weighted by atomic mass is 9.88. The first-order chi connectivity index (χ1) is 13.3. The van der Waals surface area contributed by atoms with Crippen LogP contribution in [-0.2, 0) is 0 Å². The van der Waals surface area contributed by atoms with Crippen molar-refractivity contribution in [2.24, 2.45) is 0 Å². The Morgan fingerprint density at radius 2 is 1.44 bits per heavy atom. The summed E-state index contributed by atoms with van der Waals surface area (Å²) < 4.78 is 3.90. The molecule has 1 amide bonds. The maximum atomic E-state index is 13.7. The van der Waals surface area contributed by atoms with Crippen LogP contribution in [0.25, 0.3) is 19.5 Å². The first-order valence-electron chi connectivity index (χ1n) is 10.5. The number of fused-ring (bicyclic) bond motifs is 3. The van der Waals surface area contributed by atoms with E-state index in [1.54, 1.807) is 11.3 Å². The number of hydrogen-bond acceptors (Lipinski definition) is 3. The molecule has 2 aliphatic carbocycles. The van der Waals surface area contributed by atoms with Gasteiger partial charge in [0.2, 0.25) is 0 Å². The summed E-state index contributed by atoms with van der Waals surface area (Å²) in [6, 6.07) is 11.7. The lowest BCUT2D eigenvalue weighted by Gasteiger charge is -2.41. The van der Waals surface area contributed by atoms with Gasteiger partial charge in [0.25, 0.3) is 5.91 Å². The number of carbonyl (C=O) groups excluding carboxylic acids is 1. The van der Waals surface area contributed by atoms with Crippen molar-refractivity contribution in [2.75, 3.05) is 0 Å². The second-order valence-corrected chi connectivity index (χ2v) is 10.3. The highest BCUT2D eigenvalue weighted by Gasteiger charge is 2.33. The smallest absolute Gasteiger partial charge is 0.264 e. The van der Waals surface area contributed by atoms with Crippen LogP contribution in [0.3, 0.4) is 0 Å². The standard InChI is InChI=1S/C23H27NOS2/c25-23(21-15-20-22(27-21)18-13-7-8-14-19(18)26-20)24(16-9-3-1-4-10-16)17-11-5-2-6-12-17/h7-8,13-17H,1-6,9-12H2. The van der Waals surface area contributed by atoms with Crippen LogP contribution in [0.5, 0.6) is 0 Å². The molecule has 0 bridgehead atoms. The molecule has 2 nitrogen and oxygen atoms in total. The molecule has 4 heteroatoms. The summed E-state index contributed by atoms with van der Waals surface area (Å²) in [7, 11) is 0. The molecule has 2 fully saturated rings. The van der Waals surface area contributed by atoms with Gasteiger partial charge >= 0.3 is 0 Å². The second kappa shape index (κ2) is 7.56. The molecule has 0 radical (unpaired) electrons. The van der Waals surface area contributed by atoms with E-state index in [0.29, 0.717) is 18.0 Å². The summed E-state index contributed by atoms with van der Waals surface area (Å²) in [6.07, 6.45) is 12.6. The Hall–Kier alpha value is -1.39. The number of benzene rings is 1. The molecule has 2 aromatic heterocycles. The number of hydrogen-bond donors (Lipinski definition) is 0. The fraction of sp³-hybridized carbons (Fsp3) is 0.522. The average molecular weight is 398 g/mol. The highest BCUT2D eigenvalue weighted by molar-refractivity contribution is 7.33. The Bertz CT molecular complexity index is 926. The minimum atomic E-state index is 0.311. The minimum Gasteiger partial charge on any atom is -0.332 e. The Balaban J connectivity index is 1.50. The van der Waals surface area contributed by atoms with Gasteiger partial charge in [-0.05, 0) is 37.8 Å². The van der Waals surface area contributed by atoms with Crippen LogP contribution in [0.15, 0.2) is 30.3 Å². The first-order valence-corrected chi connectivity index (χ1v) is 12.2. The van der Waals surface area contributed by atoms with Gasteiger partial charge < -0.3 is 4.90 Å². The van der Waals surface area contributed by atoms with Crippen molar-refractivity contribution < 1.29 is 4.79 Å². The van der Waals surface area contributed by atoms with Crippen LogP contribution in [0, 0.1) is 0 Å². The summed E-state index contributed by atoms with van der Waals surface area (Å²) >= 11 is 3.54. The van der Waals surface area contributed by atoms with Crippen molar-refractivity contribution in [3.63, 3.8) is 0 Å². The molecular weight excluding hydrogens is 370 g/mol. The molecule has 0 spiro atoms. The van der Waals surface area contributed by atoms with Gasteiger partial charge in [-0.2, -0.15) is 0 Å². The molecule has 142 valence electrons. The van der Waals surface area contributed by atoms with Crippen LogP contribution in [0.4, 0.5) is 0 Å². The van der Waals surface area contributed by atoms with E-state index in [1.807, 2.05) is 11.3 Å². The molecular formula is C23H27NOS2. The van der Waals surface area contributed by atoms with Crippen molar-refractivity contribution in [3.05, 3.63) is 35.2 Å². The van der Waals surface area contributed by atoms with E-state index in [4.69, 9.17) is 0 Å². The molecule has 0 unspecified atom stereocenters. The monoisotopic (exact) mass is 397 g/mol. The first kappa shape index (κ1) is 17.7. The fourth-order valence-electron chi connectivity index (χ4n) is 5.08. The molecule has 3 aromatic rings. The number of thiophene rings is 2. The predicted octanol–water partition coefficient (Wildman–Crippen LogP) is 7.22. The topological polar surface area (TPSA) is 20.3 Å². The molecule has 0 N–H and O–H groups in total. The predicted molar refractivity (Wildman–Crippen MR) is 117 cm³/mol. The number of amides is 1. The zero-order valence-corrected chi connectivity index (χ0v) is 17.4. The van der Waals surface area contributed by atoms with Gasteiger partial charge in [0.1, 0.15) is 0 Å². The van der Waals surface area contributed by atoms with Crippen LogP contribution in [0.2, 0.25) is 0 Å². The minimum absolute atomic E-state index is 0.311. The fourth-order valence-corrected chi connectivity index (χ4v) is 7.55. The highest BCUT2D eigenvalue weighted by atomic mass is 32.1. The second-order valence-electron chi connectivity index (χ2n) is 8.20. The molecule has 2 heterocycles. The molecule has 27 heavy (non-hydrogen) atoms. The number of nitrogens with zero attached hydrogens (tertiary/aromatic N) is 1. The van der Waals surface area contributed by atoms with E-state index in [2.05, 4.69) is 35.2 Å². The molecule has 0 atom stereocenters. The highest BCUT2D eigenvalue weighted by Crippen LogP contribution is 2.41. The molecule has 0 saturated heterocycles. The summed E-state index contributed by atoms with van der Waals surface area (Å²) in [5, 5.41) is 1.31. The van der Waals surface area contributed by atoms with Crippen molar-refractivity contribution in [1.29, 1.82) is 0 Å². The van der Waals surface area contributed by atoms with Gasteiger partial charge in [-0.15, -0.1) is 22.7 Å². The largest absolute Gasteiger partial charge is 0.332 e. The van der Waals surface area contributed by atoms with Crippen molar-refractivity contribution >= 4 is 48.1 Å². The zero-order valence-electron chi connectivity index (χ0n) is 15.8. The summed E-state index contributed by atoms with van der Waals surface area (Å²) in [4.78, 5) is 17.0. The molecule has 2 aliphatic rings. The average Bonchev–Trinajstić information content (AvgIpc) is 3.28. The van der Waals surface area contributed by atoms with Gasteiger partial charge in [-0.25, -0.2) is 0 Å². The Labute approximate surface area is 169 Å². The van der Waals surface area contributed by atoms with E-state index in [-0.39, 0.29) is 0 Å². The van der Waals surface area contributed by atoms with E-state index in [1.165, 1.54) is 83.7 Å². The maximum Gasteiger partial charge on any atom is 0.264 e. The SMILES string of the molecule is O=C(c1cc2sc3ccccc3c2s1)N(C1CCCCC1)C1CCCCC1. The Kier molecular flexibility index (Phi) is 4.95. The van der Waals surface area contributed by atoms with Gasteiger partial charge in [0.05, 0.1) is 9.58 Å². The molecule has 0 aliphatic heterocycles.